The standard InChI is InChI=1S/C13H18N6O2/c1-21-5-4-19-7-9(6-15-19)16-13(20)12-10(14)11(17-18-12)8-2-3-8/h6-8H,2-5,14H2,1H3,(H,16,20)(H,17,18). The lowest BCUT2D eigenvalue weighted by atomic mass is 10.2. The van der Waals surface area contributed by atoms with E-state index in [1.54, 1.807) is 24.2 Å². The van der Waals surface area contributed by atoms with Crippen molar-refractivity contribution in [2.75, 3.05) is 24.8 Å². The first-order valence-electron chi connectivity index (χ1n) is 6.85. The molecular weight excluding hydrogens is 272 g/mol. The minimum atomic E-state index is -0.332. The van der Waals surface area contributed by atoms with Crippen LogP contribution in [0.1, 0.15) is 34.9 Å². The van der Waals surface area contributed by atoms with Crippen LogP contribution in [0.4, 0.5) is 11.4 Å². The number of anilines is 2. The third-order valence-corrected chi connectivity index (χ3v) is 3.45. The number of carbonyl (C=O) groups excluding carboxylic acids is 1. The summed E-state index contributed by atoms with van der Waals surface area (Å²) in [6, 6.07) is 0. The van der Waals surface area contributed by atoms with E-state index in [9.17, 15) is 4.79 Å². The van der Waals surface area contributed by atoms with Crippen molar-refractivity contribution in [2.45, 2.75) is 25.3 Å². The third kappa shape index (κ3) is 2.89. The van der Waals surface area contributed by atoms with Crippen LogP contribution >= 0.6 is 0 Å². The molecule has 0 spiro atoms. The minimum absolute atomic E-state index is 0.238. The SMILES string of the molecule is COCCn1cc(NC(=O)c2n[nH]c(C3CC3)c2N)cn1. The molecule has 2 aromatic heterocycles. The Morgan fingerprint density at radius 2 is 2.43 bits per heavy atom. The van der Waals surface area contributed by atoms with Crippen LogP contribution in [-0.2, 0) is 11.3 Å². The number of nitrogen functional groups attached to an aromatic ring is 1. The average molecular weight is 290 g/mol. The number of amides is 1. The molecule has 21 heavy (non-hydrogen) atoms. The molecule has 112 valence electrons. The molecule has 0 bridgehead atoms. The van der Waals surface area contributed by atoms with E-state index in [0.29, 0.717) is 30.4 Å². The van der Waals surface area contributed by atoms with Gasteiger partial charge in [0.1, 0.15) is 0 Å². The Bertz CT molecular complexity index is 643. The number of aromatic nitrogens is 4. The first kappa shape index (κ1) is 13.6. The normalized spacial score (nSPS) is 14.3. The van der Waals surface area contributed by atoms with Gasteiger partial charge in [-0.3, -0.25) is 14.6 Å². The molecule has 2 heterocycles. The molecule has 0 unspecified atom stereocenters. The Balaban J connectivity index is 1.67. The Labute approximate surface area is 121 Å². The van der Waals surface area contributed by atoms with Crippen molar-refractivity contribution in [1.29, 1.82) is 0 Å². The lowest BCUT2D eigenvalue weighted by Crippen LogP contribution is -2.14. The van der Waals surface area contributed by atoms with Crippen molar-refractivity contribution in [3.8, 4) is 0 Å². The minimum Gasteiger partial charge on any atom is -0.395 e. The van der Waals surface area contributed by atoms with Gasteiger partial charge in [-0.25, -0.2) is 0 Å². The number of nitrogens with one attached hydrogen (secondary N) is 2. The maximum Gasteiger partial charge on any atom is 0.278 e. The number of nitrogens with zero attached hydrogens (tertiary/aromatic N) is 3. The zero-order valence-corrected chi connectivity index (χ0v) is 11.8. The first-order chi connectivity index (χ1) is 10.2. The lowest BCUT2D eigenvalue weighted by molar-refractivity contribution is 0.102. The van der Waals surface area contributed by atoms with Gasteiger partial charge in [-0.15, -0.1) is 0 Å². The third-order valence-electron chi connectivity index (χ3n) is 3.45. The lowest BCUT2D eigenvalue weighted by Gasteiger charge is -2.01. The molecule has 3 rings (SSSR count). The summed E-state index contributed by atoms with van der Waals surface area (Å²) in [6.07, 6.45) is 5.51. The summed E-state index contributed by atoms with van der Waals surface area (Å²) in [5.41, 5.74) is 8.14. The van der Waals surface area contributed by atoms with Gasteiger partial charge in [0.05, 0.1) is 36.4 Å². The number of nitrogens with two attached hydrogens (primary N) is 1. The van der Waals surface area contributed by atoms with Gasteiger partial charge in [-0.1, -0.05) is 0 Å². The predicted molar refractivity (Wildman–Crippen MR) is 77.0 cm³/mol. The molecule has 0 saturated heterocycles. The zero-order valence-electron chi connectivity index (χ0n) is 11.8. The maximum absolute atomic E-state index is 12.2. The highest BCUT2D eigenvalue weighted by atomic mass is 16.5. The van der Waals surface area contributed by atoms with E-state index in [0.717, 1.165) is 18.5 Å². The van der Waals surface area contributed by atoms with Gasteiger partial charge in [-0.05, 0) is 12.8 Å². The van der Waals surface area contributed by atoms with Crippen molar-refractivity contribution in [3.63, 3.8) is 0 Å². The molecule has 8 heteroatoms. The van der Waals surface area contributed by atoms with Crippen LogP contribution in [-0.4, -0.2) is 39.6 Å². The fourth-order valence-electron chi connectivity index (χ4n) is 2.15. The van der Waals surface area contributed by atoms with Crippen molar-refractivity contribution < 1.29 is 9.53 Å². The molecule has 1 aliphatic carbocycles. The van der Waals surface area contributed by atoms with Gasteiger partial charge in [-0.2, -0.15) is 10.2 Å². The second-order valence-electron chi connectivity index (χ2n) is 5.11. The van der Waals surface area contributed by atoms with Crippen molar-refractivity contribution >= 4 is 17.3 Å². The van der Waals surface area contributed by atoms with Crippen molar-refractivity contribution in [2.24, 2.45) is 0 Å². The fourth-order valence-corrected chi connectivity index (χ4v) is 2.15. The summed E-state index contributed by atoms with van der Waals surface area (Å²) in [5.74, 6) is 0.0952. The van der Waals surface area contributed by atoms with Crippen LogP contribution in [0.15, 0.2) is 12.4 Å². The quantitative estimate of drug-likeness (QED) is 0.734. The number of carbonyl (C=O) groups is 1. The Kier molecular flexibility index (Phi) is 3.61. The Morgan fingerprint density at radius 3 is 3.14 bits per heavy atom. The number of hydrogen-bond acceptors (Lipinski definition) is 5. The number of rotatable bonds is 6. The van der Waals surface area contributed by atoms with Crippen LogP contribution in [0, 0.1) is 0 Å². The van der Waals surface area contributed by atoms with Crippen molar-refractivity contribution in [1.82, 2.24) is 20.0 Å². The number of hydrogen-bond donors (Lipinski definition) is 3. The van der Waals surface area contributed by atoms with E-state index in [4.69, 9.17) is 10.5 Å². The highest BCUT2D eigenvalue weighted by Crippen LogP contribution is 2.42. The van der Waals surface area contributed by atoms with Gasteiger partial charge in [0, 0.05) is 19.2 Å². The van der Waals surface area contributed by atoms with E-state index in [1.165, 1.54) is 0 Å². The molecule has 0 aromatic carbocycles. The van der Waals surface area contributed by atoms with Crippen LogP contribution in [0.3, 0.4) is 0 Å². The van der Waals surface area contributed by atoms with Gasteiger partial charge in [0.25, 0.3) is 5.91 Å². The van der Waals surface area contributed by atoms with E-state index in [1.807, 2.05) is 0 Å². The topological polar surface area (TPSA) is 111 Å². The predicted octanol–water partition coefficient (Wildman–Crippen LogP) is 0.964. The molecule has 0 radical (unpaired) electrons. The van der Waals surface area contributed by atoms with Gasteiger partial charge < -0.3 is 15.8 Å². The molecular formula is C13H18N6O2. The Morgan fingerprint density at radius 1 is 1.62 bits per heavy atom. The molecule has 1 aliphatic rings. The van der Waals surface area contributed by atoms with Gasteiger partial charge in [0.2, 0.25) is 0 Å². The summed E-state index contributed by atoms with van der Waals surface area (Å²) < 4.78 is 6.67. The van der Waals surface area contributed by atoms with Gasteiger partial charge in [0.15, 0.2) is 5.69 Å². The van der Waals surface area contributed by atoms with Crippen LogP contribution in [0.5, 0.6) is 0 Å². The fraction of sp³-hybridized carbons (Fsp3) is 0.462. The highest BCUT2D eigenvalue weighted by Gasteiger charge is 2.30. The summed E-state index contributed by atoms with van der Waals surface area (Å²) in [5, 5.41) is 13.8. The highest BCUT2D eigenvalue weighted by molar-refractivity contribution is 6.06. The number of aromatic amines is 1. The largest absolute Gasteiger partial charge is 0.395 e. The molecule has 2 aromatic rings. The summed E-state index contributed by atoms with van der Waals surface area (Å²) in [7, 11) is 1.63. The summed E-state index contributed by atoms with van der Waals surface area (Å²) >= 11 is 0. The smallest absolute Gasteiger partial charge is 0.278 e. The van der Waals surface area contributed by atoms with E-state index in [-0.39, 0.29) is 11.6 Å². The number of H-pyrrole nitrogens is 1. The summed E-state index contributed by atoms with van der Waals surface area (Å²) in [6.45, 7) is 1.19. The van der Waals surface area contributed by atoms with E-state index in [2.05, 4.69) is 20.6 Å². The molecule has 1 saturated carbocycles. The molecule has 8 nitrogen and oxygen atoms in total. The second kappa shape index (κ2) is 5.57. The van der Waals surface area contributed by atoms with Crippen LogP contribution in [0.25, 0.3) is 0 Å². The van der Waals surface area contributed by atoms with E-state index < -0.39 is 0 Å². The van der Waals surface area contributed by atoms with Gasteiger partial charge >= 0.3 is 0 Å². The first-order valence-corrected chi connectivity index (χ1v) is 6.85. The second-order valence-corrected chi connectivity index (χ2v) is 5.11. The average Bonchev–Trinajstić information content (AvgIpc) is 3.09. The molecule has 1 amide bonds. The van der Waals surface area contributed by atoms with Crippen LogP contribution in [0.2, 0.25) is 0 Å². The molecule has 1 fully saturated rings. The summed E-state index contributed by atoms with van der Waals surface area (Å²) in [4.78, 5) is 12.2. The molecule has 4 N–H and O–H groups in total. The van der Waals surface area contributed by atoms with E-state index >= 15 is 0 Å². The molecule has 0 atom stereocenters. The maximum atomic E-state index is 12.2. The van der Waals surface area contributed by atoms with Crippen molar-refractivity contribution in [3.05, 3.63) is 23.8 Å². The van der Waals surface area contributed by atoms with Crippen LogP contribution < -0.4 is 11.1 Å². The monoisotopic (exact) mass is 290 g/mol. The number of ether oxygens (including phenoxy) is 1. The number of methoxy groups -OCH3 is 1. The Hall–Kier alpha value is -2.35. The molecule has 0 aliphatic heterocycles. The zero-order chi connectivity index (χ0) is 14.8.